The van der Waals surface area contributed by atoms with Crippen LogP contribution in [0.4, 0.5) is 0 Å². The van der Waals surface area contributed by atoms with Crippen LogP contribution in [0.5, 0.6) is 0 Å². The highest BCUT2D eigenvalue weighted by atomic mass is 32.1. The topological polar surface area (TPSA) is 43.6 Å². The molecule has 0 radical (unpaired) electrons. The number of fused-ring (bicyclic) bond motifs is 10. The maximum absolute atomic E-state index is 5.28. The molecule has 9 aromatic carbocycles. The number of benzene rings is 9. The van der Waals surface area contributed by atoms with Gasteiger partial charge in [-0.25, -0.2) is 15.0 Å². The Kier molecular flexibility index (Phi) is 8.57. The molecule has 0 fully saturated rings. The van der Waals surface area contributed by atoms with Crippen molar-refractivity contribution in [3.63, 3.8) is 0 Å². The van der Waals surface area contributed by atoms with Crippen LogP contribution in [-0.4, -0.2) is 19.5 Å². The van der Waals surface area contributed by atoms with E-state index in [1.807, 2.05) is 11.3 Å². The number of thiophene rings is 1. The Labute approximate surface area is 387 Å². The van der Waals surface area contributed by atoms with Gasteiger partial charge in [-0.1, -0.05) is 149 Å². The zero-order valence-electron chi connectivity index (χ0n) is 37.4. The molecule has 316 valence electrons. The Balaban J connectivity index is 0.983. The molecular formula is C61H46N4S. The molecule has 12 aromatic rings. The Morgan fingerprint density at radius 1 is 0.409 bits per heavy atom. The molecule has 5 heteroatoms. The van der Waals surface area contributed by atoms with E-state index in [4.69, 9.17) is 15.0 Å². The highest BCUT2D eigenvalue weighted by Crippen LogP contribution is 2.49. The van der Waals surface area contributed by atoms with Crippen molar-refractivity contribution in [3.05, 3.63) is 193 Å². The predicted octanol–water partition coefficient (Wildman–Crippen LogP) is 16.7. The first-order chi connectivity index (χ1) is 32.2. The molecule has 0 spiro atoms. The molecule has 0 N–H and O–H groups in total. The normalized spacial score (nSPS) is 14.5. The summed E-state index contributed by atoms with van der Waals surface area (Å²) in [5.41, 5.74) is 11.9. The van der Waals surface area contributed by atoms with Crippen LogP contribution in [0.2, 0.25) is 0 Å². The summed E-state index contributed by atoms with van der Waals surface area (Å²) in [6.45, 7) is 9.70. The summed E-state index contributed by atoms with van der Waals surface area (Å²) < 4.78 is 5.03. The smallest absolute Gasteiger partial charge is 0.164 e. The number of hydrogen-bond acceptors (Lipinski definition) is 4. The fourth-order valence-electron chi connectivity index (χ4n) is 10.8. The minimum absolute atomic E-state index is 0.0889. The minimum Gasteiger partial charge on any atom is -0.309 e. The van der Waals surface area contributed by atoms with E-state index in [0.717, 1.165) is 44.3 Å². The van der Waals surface area contributed by atoms with E-state index >= 15 is 0 Å². The summed E-state index contributed by atoms with van der Waals surface area (Å²) in [5.74, 6) is 1.94. The van der Waals surface area contributed by atoms with Crippen molar-refractivity contribution in [1.82, 2.24) is 19.5 Å². The average Bonchev–Trinajstić information content (AvgIpc) is 3.90. The number of nitrogens with zero attached hydrogens (tertiary/aromatic N) is 4. The van der Waals surface area contributed by atoms with Gasteiger partial charge in [0.1, 0.15) is 0 Å². The number of hydrogen-bond donors (Lipinski definition) is 0. The van der Waals surface area contributed by atoms with Crippen LogP contribution in [-0.2, 0) is 10.8 Å². The molecule has 0 unspecified atom stereocenters. The summed E-state index contributed by atoms with van der Waals surface area (Å²) in [6.07, 6.45) is 2.35. The van der Waals surface area contributed by atoms with Crippen molar-refractivity contribution in [1.29, 1.82) is 0 Å². The molecular weight excluding hydrogens is 821 g/mol. The van der Waals surface area contributed by atoms with Crippen LogP contribution in [0.25, 0.3) is 115 Å². The maximum atomic E-state index is 5.28. The van der Waals surface area contributed by atoms with Gasteiger partial charge in [0.05, 0.1) is 11.0 Å². The Hall–Kier alpha value is -7.47. The molecule has 1 aliphatic rings. The largest absolute Gasteiger partial charge is 0.309 e. The van der Waals surface area contributed by atoms with E-state index in [-0.39, 0.29) is 10.8 Å². The molecule has 66 heavy (non-hydrogen) atoms. The SMILES string of the molecule is CC1(C)CCC(C)(C)c2cc3c(cc21)c1c2ccccc2ccc1n3-c1ccc2cc(-c3nc(-c4ccc5sc6ccccc6c5c4)nc(-c4ccccc4-c4ccccc4)n3)ccc2c1. The monoisotopic (exact) mass is 866 g/mol. The van der Waals surface area contributed by atoms with Gasteiger partial charge >= 0.3 is 0 Å². The fourth-order valence-corrected chi connectivity index (χ4v) is 11.9. The van der Waals surface area contributed by atoms with E-state index in [2.05, 4.69) is 214 Å². The first-order valence-corrected chi connectivity index (χ1v) is 23.9. The molecule has 13 rings (SSSR count). The van der Waals surface area contributed by atoms with Gasteiger partial charge in [0.15, 0.2) is 17.5 Å². The lowest BCUT2D eigenvalue weighted by molar-refractivity contribution is 0.332. The van der Waals surface area contributed by atoms with E-state index in [9.17, 15) is 0 Å². The zero-order chi connectivity index (χ0) is 44.3. The van der Waals surface area contributed by atoms with Crippen LogP contribution < -0.4 is 0 Å². The van der Waals surface area contributed by atoms with E-state index < -0.39 is 0 Å². The molecule has 4 nitrogen and oxygen atoms in total. The van der Waals surface area contributed by atoms with Crippen LogP contribution in [0.15, 0.2) is 182 Å². The molecule has 3 aromatic heterocycles. The second kappa shape index (κ2) is 14.5. The zero-order valence-corrected chi connectivity index (χ0v) is 38.2. The quantitative estimate of drug-likeness (QED) is 0.173. The number of rotatable bonds is 5. The Morgan fingerprint density at radius 2 is 1.02 bits per heavy atom. The highest BCUT2D eigenvalue weighted by Gasteiger charge is 2.38. The van der Waals surface area contributed by atoms with Crippen LogP contribution in [0.3, 0.4) is 0 Å². The lowest BCUT2D eigenvalue weighted by Crippen LogP contribution is -2.33. The van der Waals surface area contributed by atoms with Gasteiger partial charge < -0.3 is 4.57 Å². The van der Waals surface area contributed by atoms with Gasteiger partial charge in [0.2, 0.25) is 0 Å². The summed E-state index contributed by atoms with van der Waals surface area (Å²) in [4.78, 5) is 15.8. The Morgan fingerprint density at radius 3 is 1.83 bits per heavy atom. The molecule has 0 amide bonds. The third-order valence-corrected chi connectivity index (χ3v) is 15.6. The lowest BCUT2D eigenvalue weighted by atomic mass is 9.63. The second-order valence-corrected chi connectivity index (χ2v) is 20.6. The summed E-state index contributed by atoms with van der Waals surface area (Å²) in [5, 5.41) is 9.95. The molecule has 0 aliphatic heterocycles. The summed E-state index contributed by atoms with van der Waals surface area (Å²) in [7, 11) is 0. The second-order valence-electron chi connectivity index (χ2n) is 19.5. The number of aromatic nitrogens is 4. The fraction of sp³-hybridized carbons (Fsp3) is 0.131. The third-order valence-electron chi connectivity index (χ3n) is 14.5. The third kappa shape index (κ3) is 6.14. The van der Waals surface area contributed by atoms with Crippen molar-refractivity contribution in [2.45, 2.75) is 51.4 Å². The minimum atomic E-state index is 0.0889. The average molecular weight is 867 g/mol. The van der Waals surface area contributed by atoms with Crippen molar-refractivity contribution < 1.29 is 0 Å². The Bertz CT molecular complexity index is 3950. The van der Waals surface area contributed by atoms with Gasteiger partial charge in [0, 0.05) is 53.3 Å². The predicted molar refractivity (Wildman–Crippen MR) is 279 cm³/mol. The van der Waals surface area contributed by atoms with Gasteiger partial charge in [-0.2, -0.15) is 0 Å². The van der Waals surface area contributed by atoms with E-state index in [0.29, 0.717) is 17.5 Å². The van der Waals surface area contributed by atoms with E-state index in [1.54, 1.807) is 0 Å². The van der Waals surface area contributed by atoms with Crippen LogP contribution >= 0.6 is 11.3 Å². The van der Waals surface area contributed by atoms with Crippen molar-refractivity contribution in [3.8, 4) is 51.0 Å². The standard InChI is InChI=1S/C61H46N4S/c1-60(2)30-31-61(3,4)51-36-53-49(35-50(51)60)56-45-18-9-8-16-38(45)25-28-52(56)65(53)43-27-24-39-32-41(23-22-40(39)33-43)57-62-58(42-26-29-55-48(34-42)46-19-12-13-21-54(46)66-55)64-59(63-57)47-20-11-10-17-44(47)37-14-6-5-7-15-37/h5-29,32-36H,30-31H2,1-4H3. The van der Waals surface area contributed by atoms with Crippen molar-refractivity contribution in [2.75, 3.05) is 0 Å². The summed E-state index contributed by atoms with van der Waals surface area (Å²) in [6, 6.07) is 66.2. The first-order valence-electron chi connectivity index (χ1n) is 23.1. The van der Waals surface area contributed by atoms with Gasteiger partial charge in [-0.15, -0.1) is 11.3 Å². The molecule has 0 saturated heterocycles. The molecule has 0 atom stereocenters. The molecule has 0 bridgehead atoms. The van der Waals surface area contributed by atoms with Gasteiger partial charge in [-0.05, 0) is 128 Å². The highest BCUT2D eigenvalue weighted by molar-refractivity contribution is 7.25. The van der Waals surface area contributed by atoms with Crippen LogP contribution in [0, 0.1) is 0 Å². The molecule has 1 aliphatic carbocycles. The van der Waals surface area contributed by atoms with Gasteiger partial charge in [-0.3, -0.25) is 0 Å². The van der Waals surface area contributed by atoms with Crippen LogP contribution in [0.1, 0.15) is 51.7 Å². The van der Waals surface area contributed by atoms with Crippen molar-refractivity contribution in [2.24, 2.45) is 0 Å². The summed E-state index contributed by atoms with van der Waals surface area (Å²) >= 11 is 1.82. The first kappa shape index (κ1) is 38.9. The van der Waals surface area contributed by atoms with E-state index in [1.165, 1.54) is 76.7 Å². The molecule has 0 saturated carbocycles. The lowest BCUT2D eigenvalue weighted by Gasteiger charge is -2.42. The van der Waals surface area contributed by atoms with Gasteiger partial charge in [0.25, 0.3) is 0 Å². The molecule has 3 heterocycles. The van der Waals surface area contributed by atoms with Crippen molar-refractivity contribution >= 4 is 74.9 Å². The maximum Gasteiger partial charge on any atom is 0.164 e.